The number of nitrogens with two attached hydrogens (primary N) is 1. The van der Waals surface area contributed by atoms with Crippen LogP contribution < -0.4 is 5.73 Å². The van der Waals surface area contributed by atoms with Crippen molar-refractivity contribution in [3.63, 3.8) is 0 Å². The first-order chi connectivity index (χ1) is 9.63. The minimum Gasteiger partial charge on any atom is -0.398 e. The summed E-state index contributed by atoms with van der Waals surface area (Å²) in [6.45, 7) is 1.95. The number of nitrogens with zero attached hydrogens (tertiary/aromatic N) is 1. The van der Waals surface area contributed by atoms with Crippen molar-refractivity contribution in [1.29, 1.82) is 10.7 Å². The van der Waals surface area contributed by atoms with Gasteiger partial charge in [-0.25, -0.2) is 0 Å². The monoisotopic (exact) mass is 281 g/mol. The van der Waals surface area contributed by atoms with Crippen LogP contribution in [0.4, 0.5) is 5.69 Å². The Morgan fingerprint density at radius 2 is 1.85 bits per heavy atom. The van der Waals surface area contributed by atoms with Crippen LogP contribution in [0.2, 0.25) is 0 Å². The van der Waals surface area contributed by atoms with Gasteiger partial charge in [-0.1, -0.05) is 48.2 Å². The Hall–Kier alpha value is -2.25. The molecule has 0 saturated carbocycles. The molecule has 0 radical (unpaired) electrons. The maximum Gasteiger partial charge on any atom is 0.119 e. The van der Waals surface area contributed by atoms with Gasteiger partial charge < -0.3 is 5.73 Å². The van der Waals surface area contributed by atoms with Crippen molar-refractivity contribution >= 4 is 22.5 Å². The molecule has 1 atom stereocenters. The Bertz CT molecular complexity index is 673. The molecule has 2 rings (SSSR count). The number of nitrogen functional groups attached to an aromatic ring is 1. The van der Waals surface area contributed by atoms with Gasteiger partial charge in [-0.15, -0.1) is 0 Å². The normalized spacial score (nSPS) is 11.6. The second-order valence-corrected chi connectivity index (χ2v) is 5.51. The zero-order chi connectivity index (χ0) is 14.5. The van der Waals surface area contributed by atoms with Gasteiger partial charge in [0.2, 0.25) is 0 Å². The Labute approximate surface area is 122 Å². The second kappa shape index (κ2) is 6.27. The van der Waals surface area contributed by atoms with Crippen molar-refractivity contribution < 1.29 is 0 Å². The maximum absolute atomic E-state index is 9.39. The van der Waals surface area contributed by atoms with Crippen molar-refractivity contribution in [3.05, 3.63) is 59.7 Å². The molecule has 0 saturated heterocycles. The highest BCUT2D eigenvalue weighted by Gasteiger charge is 2.19. The predicted octanol–water partition coefficient (Wildman–Crippen LogP) is 3.95. The molecule has 3 nitrogen and oxygen atoms in total. The zero-order valence-corrected chi connectivity index (χ0v) is 11.9. The first-order valence-electron chi connectivity index (χ1n) is 6.19. The van der Waals surface area contributed by atoms with Gasteiger partial charge in [-0.3, -0.25) is 5.41 Å². The molecular weight excluding hydrogens is 266 g/mol. The summed E-state index contributed by atoms with van der Waals surface area (Å²) in [6, 6.07) is 17.3. The van der Waals surface area contributed by atoms with Crippen LogP contribution in [-0.2, 0) is 0 Å². The van der Waals surface area contributed by atoms with Gasteiger partial charge in [-0.05, 0) is 30.2 Å². The number of nitriles is 1. The number of aryl methyl sites for hydroxylation is 1. The second-order valence-electron chi connectivity index (χ2n) is 4.42. The van der Waals surface area contributed by atoms with E-state index in [0.717, 1.165) is 16.0 Å². The molecule has 0 fully saturated rings. The van der Waals surface area contributed by atoms with Crippen LogP contribution in [0.25, 0.3) is 0 Å². The molecule has 0 aliphatic rings. The average molecular weight is 281 g/mol. The SMILES string of the molecule is Cc1ccccc1C(C#N)C(=N)Sc1ccccc1N. The summed E-state index contributed by atoms with van der Waals surface area (Å²) >= 11 is 1.24. The Morgan fingerprint density at radius 1 is 1.20 bits per heavy atom. The third-order valence-electron chi connectivity index (χ3n) is 3.03. The number of benzene rings is 2. The third kappa shape index (κ3) is 3.01. The van der Waals surface area contributed by atoms with Gasteiger partial charge >= 0.3 is 0 Å². The van der Waals surface area contributed by atoms with E-state index in [9.17, 15) is 5.26 Å². The highest BCUT2D eigenvalue weighted by molar-refractivity contribution is 8.14. The summed E-state index contributed by atoms with van der Waals surface area (Å²) in [5.41, 5.74) is 8.40. The molecule has 0 aliphatic carbocycles. The summed E-state index contributed by atoms with van der Waals surface area (Å²) in [6.07, 6.45) is 0. The van der Waals surface area contributed by atoms with Gasteiger partial charge in [-0.2, -0.15) is 5.26 Å². The highest BCUT2D eigenvalue weighted by Crippen LogP contribution is 2.32. The average Bonchev–Trinajstić information content (AvgIpc) is 2.44. The third-order valence-corrected chi connectivity index (χ3v) is 4.08. The van der Waals surface area contributed by atoms with Crippen LogP contribution in [0.5, 0.6) is 0 Å². The summed E-state index contributed by atoms with van der Waals surface area (Å²) in [5, 5.41) is 17.9. The molecule has 2 aromatic rings. The molecule has 0 spiro atoms. The molecule has 3 N–H and O–H groups in total. The number of anilines is 1. The summed E-state index contributed by atoms with van der Waals surface area (Å²) in [4.78, 5) is 0.811. The van der Waals surface area contributed by atoms with E-state index in [-0.39, 0.29) is 0 Å². The van der Waals surface area contributed by atoms with Crippen molar-refractivity contribution in [1.82, 2.24) is 0 Å². The number of hydrogen-bond donors (Lipinski definition) is 2. The molecule has 0 aromatic heterocycles. The standard InChI is InChI=1S/C16H15N3S/c1-11-6-2-3-7-12(11)13(10-17)16(19)20-15-9-5-4-8-14(15)18/h2-9,13,19H,18H2,1H3. The van der Waals surface area contributed by atoms with E-state index >= 15 is 0 Å². The van der Waals surface area contributed by atoms with Crippen LogP contribution in [0.1, 0.15) is 17.0 Å². The fourth-order valence-electron chi connectivity index (χ4n) is 1.93. The smallest absolute Gasteiger partial charge is 0.119 e. The molecule has 0 bridgehead atoms. The number of rotatable bonds is 3. The number of para-hydroxylation sites is 1. The van der Waals surface area contributed by atoms with Crippen LogP contribution in [0.15, 0.2) is 53.4 Å². The Kier molecular flexibility index (Phi) is 4.44. The zero-order valence-electron chi connectivity index (χ0n) is 11.1. The lowest BCUT2D eigenvalue weighted by Crippen LogP contribution is -2.08. The summed E-state index contributed by atoms with van der Waals surface area (Å²) in [5.74, 6) is -0.555. The Morgan fingerprint density at radius 3 is 2.50 bits per heavy atom. The highest BCUT2D eigenvalue weighted by atomic mass is 32.2. The topological polar surface area (TPSA) is 73.7 Å². The molecule has 1 unspecified atom stereocenters. The molecule has 0 heterocycles. The van der Waals surface area contributed by atoms with Gasteiger partial charge in [0.15, 0.2) is 0 Å². The van der Waals surface area contributed by atoms with Crippen LogP contribution in [-0.4, -0.2) is 5.04 Å². The van der Waals surface area contributed by atoms with Crippen LogP contribution in [0.3, 0.4) is 0 Å². The Balaban J connectivity index is 2.26. The molecule has 2 aromatic carbocycles. The van der Waals surface area contributed by atoms with Gasteiger partial charge in [0.05, 0.1) is 11.1 Å². The summed E-state index contributed by atoms with van der Waals surface area (Å²) < 4.78 is 0. The van der Waals surface area contributed by atoms with Crippen molar-refractivity contribution in [2.75, 3.05) is 5.73 Å². The van der Waals surface area contributed by atoms with Crippen molar-refractivity contribution in [2.24, 2.45) is 0 Å². The minimum absolute atomic E-state index is 0.291. The number of hydrogen-bond acceptors (Lipinski definition) is 4. The number of nitrogens with one attached hydrogen (secondary N) is 1. The van der Waals surface area contributed by atoms with E-state index in [1.165, 1.54) is 11.8 Å². The predicted molar refractivity (Wildman–Crippen MR) is 84.0 cm³/mol. The van der Waals surface area contributed by atoms with E-state index in [4.69, 9.17) is 11.1 Å². The lowest BCUT2D eigenvalue weighted by atomic mass is 9.97. The molecule has 0 aliphatic heterocycles. The van der Waals surface area contributed by atoms with Gasteiger partial charge in [0.25, 0.3) is 0 Å². The van der Waals surface area contributed by atoms with E-state index in [0.29, 0.717) is 10.7 Å². The quantitative estimate of drug-likeness (QED) is 0.387. The molecule has 20 heavy (non-hydrogen) atoms. The largest absolute Gasteiger partial charge is 0.398 e. The molecule has 100 valence electrons. The van der Waals surface area contributed by atoms with Gasteiger partial charge in [0.1, 0.15) is 5.92 Å². The first-order valence-corrected chi connectivity index (χ1v) is 7.01. The van der Waals surface area contributed by atoms with E-state index in [1.807, 2.05) is 49.4 Å². The van der Waals surface area contributed by atoms with Gasteiger partial charge in [0, 0.05) is 10.6 Å². The maximum atomic E-state index is 9.39. The van der Waals surface area contributed by atoms with Crippen molar-refractivity contribution in [3.8, 4) is 6.07 Å². The fourth-order valence-corrected chi connectivity index (χ4v) is 2.80. The molecular formula is C16H15N3S. The summed E-state index contributed by atoms with van der Waals surface area (Å²) in [7, 11) is 0. The molecule has 4 heteroatoms. The fraction of sp³-hybridized carbons (Fsp3) is 0.125. The van der Waals surface area contributed by atoms with Crippen LogP contribution >= 0.6 is 11.8 Å². The number of thioether (sulfide) groups is 1. The van der Waals surface area contributed by atoms with E-state index in [1.54, 1.807) is 6.07 Å². The first kappa shape index (κ1) is 14.2. The minimum atomic E-state index is -0.555. The van der Waals surface area contributed by atoms with Crippen LogP contribution in [0, 0.1) is 23.7 Å². The van der Waals surface area contributed by atoms with E-state index < -0.39 is 5.92 Å². The lowest BCUT2D eigenvalue weighted by Gasteiger charge is -2.14. The van der Waals surface area contributed by atoms with E-state index in [2.05, 4.69) is 6.07 Å². The lowest BCUT2D eigenvalue weighted by molar-refractivity contribution is 1.12. The van der Waals surface area contributed by atoms with Crippen molar-refractivity contribution in [2.45, 2.75) is 17.7 Å². The molecule has 0 amide bonds.